The minimum Gasteiger partial charge on any atom is -0.396 e. The Bertz CT molecular complexity index is 763. The lowest BCUT2D eigenvalue weighted by molar-refractivity contribution is -0.0661. The first kappa shape index (κ1) is 24.0. The summed E-state index contributed by atoms with van der Waals surface area (Å²) in [5.74, 6) is 1.75. The third-order valence-corrected chi connectivity index (χ3v) is 9.01. The van der Waals surface area contributed by atoms with Crippen molar-refractivity contribution in [3.63, 3.8) is 0 Å². The van der Waals surface area contributed by atoms with Crippen LogP contribution in [0.1, 0.15) is 75.6 Å². The minimum absolute atomic E-state index is 0.0411. The summed E-state index contributed by atoms with van der Waals surface area (Å²) in [6.45, 7) is 9.38. The third-order valence-electron chi connectivity index (χ3n) is 9.01. The average molecular weight is 428 g/mol. The molecule has 172 valence electrons. The van der Waals surface area contributed by atoms with Crippen LogP contribution in [0, 0.1) is 28.6 Å². The largest absolute Gasteiger partial charge is 0.396 e. The Balaban J connectivity index is 0.000000229. The van der Waals surface area contributed by atoms with Crippen LogP contribution in [0.4, 0.5) is 0 Å². The molecule has 3 fully saturated rings. The lowest BCUT2D eigenvalue weighted by Gasteiger charge is -2.52. The molecule has 1 aromatic carbocycles. The van der Waals surface area contributed by atoms with Crippen molar-refractivity contribution < 1.29 is 15.0 Å². The molecule has 0 bridgehead atoms. The van der Waals surface area contributed by atoms with Crippen molar-refractivity contribution in [1.29, 1.82) is 0 Å². The summed E-state index contributed by atoms with van der Waals surface area (Å²) < 4.78 is 0. The lowest BCUT2D eigenvalue weighted by Crippen LogP contribution is -2.46. The first-order valence-corrected chi connectivity index (χ1v) is 12.0. The second-order valence-electron chi connectivity index (χ2n) is 10.5. The maximum Gasteiger partial charge on any atom is 0.251 e. The summed E-state index contributed by atoms with van der Waals surface area (Å²) in [6.07, 6.45) is 8.96. The van der Waals surface area contributed by atoms with Crippen LogP contribution >= 0.6 is 0 Å². The van der Waals surface area contributed by atoms with E-state index in [0.717, 1.165) is 25.2 Å². The van der Waals surface area contributed by atoms with Crippen molar-refractivity contribution in [3.8, 4) is 0 Å². The monoisotopic (exact) mass is 427 g/mol. The Morgan fingerprint density at radius 3 is 2.45 bits per heavy atom. The molecular formula is C27H41NO3. The summed E-state index contributed by atoms with van der Waals surface area (Å²) in [6, 6.07) is 9.11. The Morgan fingerprint density at radius 2 is 1.81 bits per heavy atom. The summed E-state index contributed by atoms with van der Waals surface area (Å²) in [5, 5.41) is 22.3. The molecule has 0 saturated heterocycles. The highest BCUT2D eigenvalue weighted by atomic mass is 16.3. The number of carbonyl (C=O) groups excluding carboxylic acids is 1. The number of carbonyl (C=O) groups is 1. The number of allylic oxidation sites excluding steroid dienone is 1. The van der Waals surface area contributed by atoms with Crippen LogP contribution < -0.4 is 5.32 Å². The van der Waals surface area contributed by atoms with E-state index in [-0.39, 0.29) is 30.0 Å². The zero-order valence-corrected chi connectivity index (χ0v) is 19.6. The number of aliphatic hydroxyl groups excluding tert-OH is 2. The Morgan fingerprint density at radius 1 is 1.10 bits per heavy atom. The molecule has 4 rings (SSSR count). The van der Waals surface area contributed by atoms with Gasteiger partial charge in [-0.1, -0.05) is 44.2 Å². The molecular weight excluding hydrogens is 386 g/mol. The summed E-state index contributed by atoms with van der Waals surface area (Å²) in [5.41, 5.74) is 2.79. The van der Waals surface area contributed by atoms with Crippen LogP contribution in [-0.2, 0) is 0 Å². The topological polar surface area (TPSA) is 69.6 Å². The molecule has 3 aliphatic carbocycles. The van der Waals surface area contributed by atoms with Gasteiger partial charge >= 0.3 is 0 Å². The van der Waals surface area contributed by atoms with Crippen LogP contribution in [0.5, 0.6) is 0 Å². The molecule has 1 amide bonds. The minimum atomic E-state index is -0.199. The van der Waals surface area contributed by atoms with Gasteiger partial charge in [0.25, 0.3) is 5.91 Å². The maximum absolute atomic E-state index is 10.9. The van der Waals surface area contributed by atoms with Crippen molar-refractivity contribution in [3.05, 3.63) is 48.0 Å². The standard InChI is InChI=1S/C19H32O2.C8H9NO/c1-13-4-5-14-10-15(6-8-18(13,14)2)19(3)9-7-17(21)11-16(19)12-20;1-9-8(10)7-5-3-2-4-6-7/h14-17,20-21H,1,4-12H2,2-3H3;2-6H,1H3,(H,9,10). The normalized spacial score (nSPS) is 37.4. The fourth-order valence-electron chi connectivity index (χ4n) is 6.49. The average Bonchev–Trinajstić information content (AvgIpc) is 3.09. The number of hydrogen-bond acceptors (Lipinski definition) is 3. The molecule has 4 nitrogen and oxygen atoms in total. The molecule has 0 aliphatic heterocycles. The highest BCUT2D eigenvalue weighted by molar-refractivity contribution is 5.93. The van der Waals surface area contributed by atoms with Gasteiger partial charge in [-0.2, -0.15) is 0 Å². The van der Waals surface area contributed by atoms with E-state index in [1.54, 1.807) is 19.2 Å². The van der Waals surface area contributed by atoms with Gasteiger partial charge in [-0.3, -0.25) is 4.79 Å². The molecule has 3 aliphatic rings. The predicted octanol–water partition coefficient (Wildman–Crippen LogP) is 4.96. The van der Waals surface area contributed by atoms with Crippen LogP contribution in [-0.4, -0.2) is 35.9 Å². The van der Waals surface area contributed by atoms with Crippen LogP contribution in [0.25, 0.3) is 0 Å². The molecule has 6 atom stereocenters. The smallest absolute Gasteiger partial charge is 0.251 e. The highest BCUT2D eigenvalue weighted by Crippen LogP contribution is 2.61. The number of amides is 1. The van der Waals surface area contributed by atoms with E-state index >= 15 is 0 Å². The molecule has 0 aromatic heterocycles. The molecule has 3 N–H and O–H groups in total. The lowest BCUT2D eigenvalue weighted by atomic mass is 9.53. The van der Waals surface area contributed by atoms with Gasteiger partial charge in [0, 0.05) is 19.2 Å². The zero-order valence-electron chi connectivity index (χ0n) is 19.6. The second-order valence-corrected chi connectivity index (χ2v) is 10.5. The van der Waals surface area contributed by atoms with E-state index in [1.807, 2.05) is 18.2 Å². The van der Waals surface area contributed by atoms with Gasteiger partial charge in [0.2, 0.25) is 0 Å². The highest BCUT2D eigenvalue weighted by Gasteiger charge is 2.52. The van der Waals surface area contributed by atoms with Crippen LogP contribution in [0.2, 0.25) is 0 Å². The number of aliphatic hydroxyl groups is 2. The van der Waals surface area contributed by atoms with E-state index in [4.69, 9.17) is 0 Å². The molecule has 1 aromatic rings. The van der Waals surface area contributed by atoms with Gasteiger partial charge in [-0.15, -0.1) is 0 Å². The number of hydrogen-bond donors (Lipinski definition) is 3. The quantitative estimate of drug-likeness (QED) is 0.597. The van der Waals surface area contributed by atoms with E-state index in [2.05, 4.69) is 25.7 Å². The fraction of sp³-hybridized carbons (Fsp3) is 0.667. The van der Waals surface area contributed by atoms with E-state index in [9.17, 15) is 15.0 Å². The van der Waals surface area contributed by atoms with Gasteiger partial charge in [-0.25, -0.2) is 0 Å². The van der Waals surface area contributed by atoms with Gasteiger partial charge in [-0.05, 0) is 92.1 Å². The van der Waals surface area contributed by atoms with Gasteiger partial charge < -0.3 is 15.5 Å². The van der Waals surface area contributed by atoms with Gasteiger partial charge in [0.05, 0.1) is 6.10 Å². The number of fused-ring (bicyclic) bond motifs is 1. The van der Waals surface area contributed by atoms with Crippen molar-refractivity contribution in [2.24, 2.45) is 28.6 Å². The summed E-state index contributed by atoms with van der Waals surface area (Å²) in [7, 11) is 1.62. The fourth-order valence-corrected chi connectivity index (χ4v) is 6.49. The summed E-state index contributed by atoms with van der Waals surface area (Å²) >= 11 is 0. The third kappa shape index (κ3) is 4.90. The van der Waals surface area contributed by atoms with Crippen LogP contribution in [0.15, 0.2) is 42.5 Å². The first-order chi connectivity index (χ1) is 14.7. The van der Waals surface area contributed by atoms with Gasteiger partial charge in [0.15, 0.2) is 0 Å². The first-order valence-electron chi connectivity index (χ1n) is 12.0. The van der Waals surface area contributed by atoms with Gasteiger partial charge in [0.1, 0.15) is 0 Å². The Kier molecular flexibility index (Phi) is 7.64. The predicted molar refractivity (Wildman–Crippen MR) is 126 cm³/mol. The molecule has 0 spiro atoms. The molecule has 6 unspecified atom stereocenters. The van der Waals surface area contributed by atoms with Crippen molar-refractivity contribution in [1.82, 2.24) is 5.32 Å². The molecule has 3 saturated carbocycles. The van der Waals surface area contributed by atoms with Crippen LogP contribution in [0.3, 0.4) is 0 Å². The van der Waals surface area contributed by atoms with Crippen molar-refractivity contribution in [2.45, 2.75) is 71.3 Å². The Labute approximate surface area is 188 Å². The Hall–Kier alpha value is -1.65. The molecule has 4 heteroatoms. The molecule has 31 heavy (non-hydrogen) atoms. The summed E-state index contributed by atoms with van der Waals surface area (Å²) in [4.78, 5) is 10.9. The molecule has 0 heterocycles. The number of benzene rings is 1. The number of nitrogens with one attached hydrogen (secondary N) is 1. The van der Waals surface area contributed by atoms with E-state index < -0.39 is 0 Å². The van der Waals surface area contributed by atoms with Crippen molar-refractivity contribution >= 4 is 5.91 Å². The maximum atomic E-state index is 10.9. The van der Waals surface area contributed by atoms with E-state index in [1.165, 1.54) is 37.7 Å². The zero-order chi connectivity index (χ0) is 22.6. The second kappa shape index (κ2) is 9.87. The van der Waals surface area contributed by atoms with Crippen molar-refractivity contribution in [2.75, 3.05) is 13.7 Å². The molecule has 0 radical (unpaired) electrons. The SMILES string of the molecule is C=C1CCC2CC(C3(C)CCC(O)CC3CO)CCC12C.CNC(=O)c1ccccc1. The van der Waals surface area contributed by atoms with E-state index in [0.29, 0.717) is 16.9 Å². The number of rotatable bonds is 3.